The monoisotopic (exact) mass is 846 g/mol. The molecule has 0 saturated carbocycles. The summed E-state index contributed by atoms with van der Waals surface area (Å²) in [4.78, 5) is 0. The van der Waals surface area contributed by atoms with Crippen molar-refractivity contribution >= 4 is 29.4 Å². The highest BCUT2D eigenvalue weighted by atomic mass is 15.0. The van der Waals surface area contributed by atoms with Crippen molar-refractivity contribution in [3.05, 3.63) is 250 Å². The number of aromatic nitrogens is 1. The Morgan fingerprint density at radius 3 is 2.15 bits per heavy atom. The molecular weight excluding hydrogens is 785 g/mol. The predicted molar refractivity (Wildman–Crippen MR) is 283 cm³/mol. The average Bonchev–Trinajstić information content (AvgIpc) is 3.67. The lowest BCUT2D eigenvalue weighted by molar-refractivity contribution is 0.922. The molecule has 2 aliphatic carbocycles. The molecule has 8 rings (SSSR count). The number of nitrogens with two attached hydrogens (primary N) is 1. The molecule has 2 N–H and O–H groups in total. The molecule has 1 unspecified atom stereocenters. The lowest BCUT2D eigenvalue weighted by Crippen LogP contribution is -2.04. The van der Waals surface area contributed by atoms with Crippen LogP contribution in [0.2, 0.25) is 0 Å². The topological polar surface area (TPSA) is 30.9 Å². The van der Waals surface area contributed by atoms with E-state index in [9.17, 15) is 0 Å². The van der Waals surface area contributed by atoms with Gasteiger partial charge in [0.25, 0.3) is 0 Å². The Labute approximate surface area is 388 Å². The van der Waals surface area contributed by atoms with Gasteiger partial charge >= 0.3 is 0 Å². The second-order valence-corrected chi connectivity index (χ2v) is 17.0. The number of rotatable bonds is 15. The minimum atomic E-state index is -0.0884. The first-order valence-corrected chi connectivity index (χ1v) is 23.4. The van der Waals surface area contributed by atoms with Crippen LogP contribution in [-0.2, 0) is 6.42 Å². The van der Waals surface area contributed by atoms with Gasteiger partial charge in [-0.3, -0.25) is 0 Å². The van der Waals surface area contributed by atoms with E-state index in [4.69, 9.17) is 5.73 Å². The van der Waals surface area contributed by atoms with Gasteiger partial charge in [0.15, 0.2) is 0 Å². The number of hydrogen-bond acceptors (Lipinski definition) is 1. The van der Waals surface area contributed by atoms with Gasteiger partial charge in [-0.05, 0) is 172 Å². The van der Waals surface area contributed by atoms with E-state index >= 15 is 0 Å². The summed E-state index contributed by atoms with van der Waals surface area (Å²) in [6, 6.07) is 44.6. The summed E-state index contributed by atoms with van der Waals surface area (Å²) in [6.07, 6.45) is 29.9. The van der Waals surface area contributed by atoms with Crippen LogP contribution in [0.15, 0.2) is 200 Å². The number of allylic oxidation sites excluding steroid dienone is 12. The van der Waals surface area contributed by atoms with Crippen LogP contribution in [0.5, 0.6) is 0 Å². The molecular formula is C63H62N2. The molecule has 0 bridgehead atoms. The molecule has 2 aliphatic rings. The standard InChI is InChI=1S/C63H62N2/c1-7-23-61-55(11-5)58-34-17-18-37-62(58)65(61)53-32-22-28-48(42-53)47-27-20-30-51(40-47)60(43-49(38-39-64)46-25-13-12-14-26-46)52-31-21-29-50(41-52)56-36-19-24-44(6)63(56)59-35-16-15-33-57(59)54(10-4)45(8-2)9-3/h7-8,11-14,16,18-32,35-43,60H,2,5,9-10,15,17,33-34,64H2,1,3-4,6H3/b23-7-,39-38-,49-43+,54-45-. The highest BCUT2D eigenvalue weighted by Gasteiger charge is 2.23. The molecule has 1 atom stereocenters. The molecule has 0 aliphatic heterocycles. The Kier molecular flexibility index (Phi) is 14.1. The van der Waals surface area contributed by atoms with E-state index in [0.29, 0.717) is 0 Å². The van der Waals surface area contributed by atoms with Gasteiger partial charge in [-0.1, -0.05) is 179 Å². The van der Waals surface area contributed by atoms with Gasteiger partial charge in [-0.2, -0.15) is 0 Å². The van der Waals surface area contributed by atoms with E-state index in [1.54, 1.807) is 6.20 Å². The first-order chi connectivity index (χ1) is 31.9. The maximum atomic E-state index is 6.19. The van der Waals surface area contributed by atoms with Gasteiger partial charge in [0.1, 0.15) is 0 Å². The third-order valence-corrected chi connectivity index (χ3v) is 13.2. The second kappa shape index (κ2) is 20.6. The number of benzene rings is 5. The van der Waals surface area contributed by atoms with Crippen LogP contribution in [0.4, 0.5) is 0 Å². The highest BCUT2D eigenvalue weighted by molar-refractivity contribution is 5.91. The lowest BCUT2D eigenvalue weighted by Gasteiger charge is -2.24. The third-order valence-electron chi connectivity index (χ3n) is 13.2. The summed E-state index contributed by atoms with van der Waals surface area (Å²) in [6.45, 7) is 17.3. The summed E-state index contributed by atoms with van der Waals surface area (Å²) in [5.74, 6) is -0.0884. The molecule has 0 saturated heterocycles. The quantitative estimate of drug-likeness (QED) is 0.103. The van der Waals surface area contributed by atoms with Gasteiger partial charge in [0.05, 0.1) is 5.69 Å². The van der Waals surface area contributed by atoms with E-state index < -0.39 is 0 Å². The van der Waals surface area contributed by atoms with Crippen molar-refractivity contribution in [1.82, 2.24) is 4.57 Å². The third kappa shape index (κ3) is 9.13. The van der Waals surface area contributed by atoms with Gasteiger partial charge in [0, 0.05) is 22.9 Å². The number of hydrogen-bond donors (Lipinski definition) is 1. The average molecular weight is 847 g/mol. The van der Waals surface area contributed by atoms with E-state index in [-0.39, 0.29) is 5.92 Å². The fourth-order valence-electron chi connectivity index (χ4n) is 10.1. The van der Waals surface area contributed by atoms with Crippen LogP contribution in [0, 0.1) is 6.92 Å². The Morgan fingerprint density at radius 2 is 1.45 bits per heavy atom. The van der Waals surface area contributed by atoms with Crippen molar-refractivity contribution < 1.29 is 0 Å². The molecule has 6 aromatic rings. The predicted octanol–water partition coefficient (Wildman–Crippen LogP) is 16.8. The smallest absolute Gasteiger partial charge is 0.0534 e. The van der Waals surface area contributed by atoms with Crippen molar-refractivity contribution in [3.8, 4) is 27.9 Å². The minimum absolute atomic E-state index is 0.0884. The molecule has 65 heavy (non-hydrogen) atoms. The van der Waals surface area contributed by atoms with Gasteiger partial charge in [-0.25, -0.2) is 0 Å². The minimum Gasteiger partial charge on any atom is -0.405 e. The van der Waals surface area contributed by atoms with Crippen LogP contribution in [0.25, 0.3) is 57.3 Å². The van der Waals surface area contributed by atoms with Gasteiger partial charge in [0.2, 0.25) is 0 Å². The summed E-state index contributed by atoms with van der Waals surface area (Å²) in [5, 5.41) is 0. The summed E-state index contributed by atoms with van der Waals surface area (Å²) in [5.41, 5.74) is 29.9. The van der Waals surface area contributed by atoms with Crippen molar-refractivity contribution in [2.24, 2.45) is 5.73 Å². The molecule has 324 valence electrons. The van der Waals surface area contributed by atoms with Crippen LogP contribution in [-0.4, -0.2) is 4.57 Å². The first-order valence-electron chi connectivity index (χ1n) is 23.4. The van der Waals surface area contributed by atoms with E-state index in [1.165, 1.54) is 78.2 Å². The summed E-state index contributed by atoms with van der Waals surface area (Å²) >= 11 is 0. The van der Waals surface area contributed by atoms with Crippen LogP contribution < -0.4 is 5.73 Å². The lowest BCUT2D eigenvalue weighted by atomic mass is 9.80. The Hall–Kier alpha value is -7.16. The van der Waals surface area contributed by atoms with Crippen molar-refractivity contribution in [3.63, 3.8) is 0 Å². The zero-order valence-corrected chi connectivity index (χ0v) is 38.7. The van der Waals surface area contributed by atoms with Gasteiger partial charge in [-0.15, -0.1) is 0 Å². The van der Waals surface area contributed by atoms with E-state index in [0.717, 1.165) is 66.5 Å². The highest BCUT2D eigenvalue weighted by Crippen LogP contribution is 2.43. The van der Waals surface area contributed by atoms with E-state index in [1.807, 2.05) is 12.2 Å². The van der Waals surface area contributed by atoms with Crippen molar-refractivity contribution in [1.29, 1.82) is 0 Å². The fourth-order valence-corrected chi connectivity index (χ4v) is 10.1. The fraction of sp³-hybridized carbons (Fsp3) is 0.175. The molecule has 1 heterocycles. The Balaban J connectivity index is 1.29. The SMILES string of the molecule is C=C/C(CC)=C(\CC)C1=C(c2c(C)cccc2-c2cccc(C(/C=C(\C=C/N)c3ccccc3)c3cccc(-c4cccc(-n5c6c(c(C=C)c5/C=C\C)CCC=C6)c4)c3)c2)C=CCC1. The first kappa shape index (κ1) is 44.4. The maximum Gasteiger partial charge on any atom is 0.0534 e. The summed E-state index contributed by atoms with van der Waals surface area (Å²) in [7, 11) is 0. The second-order valence-electron chi connectivity index (χ2n) is 17.0. The number of nitrogens with zero attached hydrogens (tertiary/aromatic N) is 1. The molecule has 2 heteroatoms. The zero-order chi connectivity index (χ0) is 45.3. The zero-order valence-electron chi connectivity index (χ0n) is 38.7. The Bertz CT molecular complexity index is 2950. The Morgan fingerprint density at radius 1 is 0.754 bits per heavy atom. The van der Waals surface area contributed by atoms with Crippen LogP contribution in [0.1, 0.15) is 109 Å². The number of fused-ring (bicyclic) bond motifs is 1. The molecule has 1 aromatic heterocycles. The van der Waals surface area contributed by atoms with Gasteiger partial charge < -0.3 is 10.3 Å². The molecule has 2 nitrogen and oxygen atoms in total. The largest absolute Gasteiger partial charge is 0.405 e. The van der Waals surface area contributed by atoms with Crippen molar-refractivity contribution in [2.45, 2.75) is 72.1 Å². The molecule has 0 amide bonds. The molecule has 0 radical (unpaired) electrons. The molecule has 0 fully saturated rings. The number of aryl methyl sites for hydroxylation is 1. The summed E-state index contributed by atoms with van der Waals surface area (Å²) < 4.78 is 2.40. The van der Waals surface area contributed by atoms with Crippen molar-refractivity contribution in [2.75, 3.05) is 0 Å². The van der Waals surface area contributed by atoms with Crippen LogP contribution in [0.3, 0.4) is 0 Å². The maximum absolute atomic E-state index is 6.19. The molecule has 0 spiro atoms. The van der Waals surface area contributed by atoms with E-state index in [2.05, 4.69) is 215 Å². The van der Waals surface area contributed by atoms with Crippen LogP contribution >= 0.6 is 0 Å². The molecule has 5 aromatic carbocycles. The normalized spacial score (nSPS) is 14.8.